The largest absolute Gasteiger partial charge is 0.486 e. The van der Waals surface area contributed by atoms with E-state index in [-0.39, 0.29) is 12.4 Å². The zero-order valence-electron chi connectivity index (χ0n) is 19.7. The van der Waals surface area contributed by atoms with E-state index in [1.54, 1.807) is 12.1 Å². The molecule has 4 unspecified atom stereocenters. The van der Waals surface area contributed by atoms with Crippen molar-refractivity contribution in [2.24, 2.45) is 17.8 Å². The van der Waals surface area contributed by atoms with Gasteiger partial charge in [0.05, 0.1) is 0 Å². The van der Waals surface area contributed by atoms with E-state index < -0.39 is 11.6 Å². The fourth-order valence-corrected chi connectivity index (χ4v) is 6.15. The zero-order chi connectivity index (χ0) is 22.5. The Bertz CT molecular complexity index is 934. The lowest BCUT2D eigenvalue weighted by Gasteiger charge is -2.42. The molecule has 174 valence electrons. The smallest absolute Gasteiger partial charge is 0.201 e. The monoisotopic (exact) mass is 440 g/mol. The summed E-state index contributed by atoms with van der Waals surface area (Å²) in [5, 5.41) is 1.07. The van der Waals surface area contributed by atoms with Gasteiger partial charge >= 0.3 is 0 Å². The Morgan fingerprint density at radius 1 is 0.969 bits per heavy atom. The second kappa shape index (κ2) is 10.8. The summed E-state index contributed by atoms with van der Waals surface area (Å²) >= 11 is 0. The number of halogens is 2. The number of fused-ring (bicyclic) bond motifs is 2. The fourth-order valence-electron chi connectivity index (χ4n) is 6.15. The van der Waals surface area contributed by atoms with Crippen LogP contribution in [0.25, 0.3) is 10.8 Å². The number of ether oxygens (including phenoxy) is 1. The minimum absolute atomic E-state index is 0.0166. The summed E-state index contributed by atoms with van der Waals surface area (Å²) in [6, 6.07) is 7.58. The van der Waals surface area contributed by atoms with Gasteiger partial charge in [0.1, 0.15) is 6.61 Å². The van der Waals surface area contributed by atoms with Gasteiger partial charge in [-0.3, -0.25) is 0 Å². The molecule has 0 aliphatic heterocycles. The van der Waals surface area contributed by atoms with Crippen LogP contribution in [-0.4, -0.2) is 6.61 Å². The molecule has 0 amide bonds. The predicted molar refractivity (Wildman–Crippen MR) is 129 cm³/mol. The van der Waals surface area contributed by atoms with Gasteiger partial charge in [0, 0.05) is 5.39 Å². The number of allylic oxidation sites excluding steroid dienone is 1. The number of hydrogen-bond acceptors (Lipinski definition) is 1. The first-order valence-electron chi connectivity index (χ1n) is 12.8. The first-order valence-corrected chi connectivity index (χ1v) is 12.8. The minimum Gasteiger partial charge on any atom is -0.486 e. The first-order chi connectivity index (χ1) is 15.6. The van der Waals surface area contributed by atoms with Gasteiger partial charge in [-0.2, -0.15) is 4.39 Å². The van der Waals surface area contributed by atoms with Crippen molar-refractivity contribution in [3.8, 4) is 5.75 Å². The van der Waals surface area contributed by atoms with Crippen LogP contribution in [0.3, 0.4) is 0 Å². The Morgan fingerprint density at radius 3 is 2.59 bits per heavy atom. The van der Waals surface area contributed by atoms with Crippen LogP contribution >= 0.6 is 0 Å². The highest BCUT2D eigenvalue weighted by Gasteiger charge is 2.35. The zero-order valence-corrected chi connectivity index (χ0v) is 19.7. The number of rotatable bonds is 8. The fraction of sp³-hybridized carbons (Fsp3) is 0.586. The van der Waals surface area contributed by atoms with Crippen molar-refractivity contribution in [3.63, 3.8) is 0 Å². The Balaban J connectivity index is 1.44. The Hall–Kier alpha value is -1.90. The van der Waals surface area contributed by atoms with Crippen LogP contribution in [-0.2, 0) is 0 Å². The molecule has 2 aliphatic rings. The van der Waals surface area contributed by atoms with Gasteiger partial charge in [-0.15, -0.1) is 0 Å². The van der Waals surface area contributed by atoms with Crippen LogP contribution in [0.4, 0.5) is 8.78 Å². The molecule has 2 saturated carbocycles. The molecule has 32 heavy (non-hydrogen) atoms. The summed E-state index contributed by atoms with van der Waals surface area (Å²) in [5.41, 5.74) is 1.17. The molecule has 0 radical (unpaired) electrons. The van der Waals surface area contributed by atoms with Crippen molar-refractivity contribution in [1.29, 1.82) is 0 Å². The third-order valence-corrected chi connectivity index (χ3v) is 7.99. The Morgan fingerprint density at radius 2 is 1.78 bits per heavy atom. The summed E-state index contributed by atoms with van der Waals surface area (Å²) in [6.07, 6.45) is 16.9. The summed E-state index contributed by atoms with van der Waals surface area (Å²) < 4.78 is 34.9. The Labute approximate surface area is 192 Å². The lowest BCUT2D eigenvalue weighted by molar-refractivity contribution is 0.113. The van der Waals surface area contributed by atoms with Crippen molar-refractivity contribution in [3.05, 3.63) is 53.6 Å². The Kier molecular flexibility index (Phi) is 7.86. The highest BCUT2D eigenvalue weighted by Crippen LogP contribution is 2.48. The van der Waals surface area contributed by atoms with Crippen molar-refractivity contribution in [2.45, 2.75) is 84.0 Å². The summed E-state index contributed by atoms with van der Waals surface area (Å²) in [4.78, 5) is 0. The van der Waals surface area contributed by atoms with Crippen LogP contribution < -0.4 is 4.74 Å². The van der Waals surface area contributed by atoms with Gasteiger partial charge in [-0.25, -0.2) is 4.39 Å². The molecule has 0 bridgehead atoms. The van der Waals surface area contributed by atoms with Crippen molar-refractivity contribution in [2.75, 3.05) is 6.61 Å². The van der Waals surface area contributed by atoms with Gasteiger partial charge in [-0.05, 0) is 85.8 Å². The van der Waals surface area contributed by atoms with Gasteiger partial charge in [0.15, 0.2) is 11.6 Å². The maximum Gasteiger partial charge on any atom is 0.201 e. The van der Waals surface area contributed by atoms with E-state index in [0.29, 0.717) is 16.7 Å². The molecule has 0 N–H and O–H groups in total. The molecule has 4 rings (SSSR count). The molecule has 4 atom stereocenters. The van der Waals surface area contributed by atoms with E-state index in [1.165, 1.54) is 69.8 Å². The van der Waals surface area contributed by atoms with Gasteiger partial charge in [-0.1, -0.05) is 63.3 Å². The second-order valence-electron chi connectivity index (χ2n) is 10.1. The maximum absolute atomic E-state index is 14.9. The van der Waals surface area contributed by atoms with Gasteiger partial charge in [0.2, 0.25) is 5.82 Å². The lowest BCUT2D eigenvalue weighted by Crippen LogP contribution is -2.30. The average Bonchev–Trinajstić information content (AvgIpc) is 2.82. The quantitative estimate of drug-likeness (QED) is 0.294. The normalized spacial score (nSPS) is 25.9. The van der Waals surface area contributed by atoms with E-state index in [9.17, 15) is 8.78 Å². The van der Waals surface area contributed by atoms with Crippen LogP contribution in [0.5, 0.6) is 5.75 Å². The number of unbranched alkanes of at least 4 members (excludes halogenated alkanes) is 2. The van der Waals surface area contributed by atoms with E-state index in [0.717, 1.165) is 17.8 Å². The van der Waals surface area contributed by atoms with Crippen molar-refractivity contribution in [1.82, 2.24) is 0 Å². The van der Waals surface area contributed by atoms with Gasteiger partial charge in [0.25, 0.3) is 0 Å². The third-order valence-electron chi connectivity index (χ3n) is 7.99. The topological polar surface area (TPSA) is 9.23 Å². The summed E-state index contributed by atoms with van der Waals surface area (Å²) in [5.74, 6) is 1.38. The molecular weight excluding hydrogens is 402 g/mol. The third kappa shape index (κ3) is 5.18. The molecular formula is C29H38F2O. The molecule has 2 aromatic carbocycles. The van der Waals surface area contributed by atoms with E-state index in [2.05, 4.69) is 13.0 Å². The standard InChI is InChI=1S/C29H38F2O/c1-3-5-7-8-20-9-10-22-17-23(12-11-21(22)16-20)24-13-14-25-19-27(32-15-6-4-2)29(31)28(30)26(25)18-24/h4,6,13-14,18-23H,3,5,7-12,15-17H2,1-2H3/b6-4+. The maximum atomic E-state index is 14.9. The highest BCUT2D eigenvalue weighted by molar-refractivity contribution is 5.85. The first kappa shape index (κ1) is 23.3. The molecule has 2 fully saturated rings. The van der Waals surface area contributed by atoms with Crippen LogP contribution in [0.2, 0.25) is 0 Å². The van der Waals surface area contributed by atoms with E-state index in [1.807, 2.05) is 25.1 Å². The average molecular weight is 441 g/mol. The SMILES string of the molecule is C/C=C/COc1cc2ccc(C3CCC4CC(CCCCC)CCC4C3)cc2c(F)c1F. The molecule has 0 aromatic heterocycles. The highest BCUT2D eigenvalue weighted by atomic mass is 19.2. The van der Waals surface area contributed by atoms with E-state index >= 15 is 0 Å². The second-order valence-corrected chi connectivity index (χ2v) is 10.1. The molecule has 2 aromatic rings. The van der Waals surface area contributed by atoms with Crippen molar-refractivity contribution >= 4 is 10.8 Å². The van der Waals surface area contributed by atoms with Crippen molar-refractivity contribution < 1.29 is 13.5 Å². The molecule has 0 heterocycles. The molecule has 0 saturated heterocycles. The minimum atomic E-state index is -0.885. The lowest BCUT2D eigenvalue weighted by atomic mass is 9.63. The van der Waals surface area contributed by atoms with Crippen LogP contribution in [0.15, 0.2) is 36.4 Å². The van der Waals surface area contributed by atoms with Crippen LogP contribution in [0, 0.1) is 29.4 Å². The summed E-state index contributed by atoms with van der Waals surface area (Å²) in [7, 11) is 0. The van der Waals surface area contributed by atoms with Gasteiger partial charge < -0.3 is 4.74 Å². The molecule has 3 heteroatoms. The van der Waals surface area contributed by atoms with E-state index in [4.69, 9.17) is 4.74 Å². The number of benzene rings is 2. The molecule has 2 aliphatic carbocycles. The molecule has 1 nitrogen and oxygen atoms in total. The number of hydrogen-bond donors (Lipinski definition) is 0. The predicted octanol–water partition coefficient (Wildman–Crippen LogP) is 8.95. The van der Waals surface area contributed by atoms with Crippen LogP contribution in [0.1, 0.15) is 89.5 Å². The summed E-state index contributed by atoms with van der Waals surface area (Å²) in [6.45, 7) is 4.39. The molecule has 0 spiro atoms.